The highest BCUT2D eigenvalue weighted by Crippen LogP contribution is 2.19. The second-order valence-corrected chi connectivity index (χ2v) is 3.39. The van der Waals surface area contributed by atoms with Crippen molar-refractivity contribution < 1.29 is 0 Å². The largest absolute Gasteiger partial charge is 0.323 e. The third-order valence-electron chi connectivity index (χ3n) is 1.51. The van der Waals surface area contributed by atoms with Gasteiger partial charge in [-0.2, -0.15) is 0 Å². The van der Waals surface area contributed by atoms with Crippen molar-refractivity contribution in [3.8, 4) is 0 Å². The molecule has 1 aromatic rings. The van der Waals surface area contributed by atoms with Crippen LogP contribution < -0.4 is 5.73 Å². The van der Waals surface area contributed by atoms with Crippen molar-refractivity contribution in [1.29, 1.82) is 0 Å². The molecule has 2 heteroatoms. The first kappa shape index (κ1) is 7.76. The summed E-state index contributed by atoms with van der Waals surface area (Å²) in [5, 5.41) is 2.07. The summed E-state index contributed by atoms with van der Waals surface area (Å²) in [6, 6.07) is 4.42. The predicted octanol–water partition coefficient (Wildman–Crippen LogP) is 2.55. The average Bonchev–Trinajstić information content (AvgIpc) is 2.38. The van der Waals surface area contributed by atoms with Gasteiger partial charge in [-0.15, -0.1) is 11.3 Å². The molecule has 56 valence electrons. The highest BCUT2D eigenvalue weighted by Gasteiger charge is 2.03. The Labute approximate surface area is 65.9 Å². The van der Waals surface area contributed by atoms with E-state index in [0.717, 1.165) is 6.42 Å². The molecule has 0 saturated heterocycles. The van der Waals surface area contributed by atoms with Gasteiger partial charge in [0.05, 0.1) is 0 Å². The Hall–Kier alpha value is -0.340. The molecule has 0 aliphatic rings. The Morgan fingerprint density at radius 2 is 2.50 bits per heavy atom. The SMILES string of the molecule is CCC[C@@H](N)c1cccs1. The van der Waals surface area contributed by atoms with Gasteiger partial charge in [0.1, 0.15) is 0 Å². The van der Waals surface area contributed by atoms with Gasteiger partial charge in [0, 0.05) is 10.9 Å². The first-order chi connectivity index (χ1) is 4.84. The van der Waals surface area contributed by atoms with Gasteiger partial charge in [0.25, 0.3) is 0 Å². The van der Waals surface area contributed by atoms with Crippen LogP contribution in [0.3, 0.4) is 0 Å². The molecule has 1 heterocycles. The fourth-order valence-electron chi connectivity index (χ4n) is 0.956. The minimum absolute atomic E-state index is 0.269. The van der Waals surface area contributed by atoms with Gasteiger partial charge in [-0.1, -0.05) is 19.4 Å². The summed E-state index contributed by atoms with van der Waals surface area (Å²) in [6.07, 6.45) is 2.26. The minimum atomic E-state index is 0.269. The van der Waals surface area contributed by atoms with E-state index in [1.165, 1.54) is 11.3 Å². The number of nitrogens with two attached hydrogens (primary N) is 1. The van der Waals surface area contributed by atoms with Gasteiger partial charge in [-0.25, -0.2) is 0 Å². The zero-order valence-corrected chi connectivity index (χ0v) is 7.03. The van der Waals surface area contributed by atoms with E-state index in [0.29, 0.717) is 0 Å². The summed E-state index contributed by atoms with van der Waals surface area (Å²) in [5.74, 6) is 0. The Kier molecular flexibility index (Phi) is 2.90. The van der Waals surface area contributed by atoms with Crippen molar-refractivity contribution >= 4 is 11.3 Å². The third kappa shape index (κ3) is 1.82. The van der Waals surface area contributed by atoms with Gasteiger partial charge < -0.3 is 5.73 Å². The molecule has 10 heavy (non-hydrogen) atoms. The summed E-state index contributed by atoms with van der Waals surface area (Å²) >= 11 is 1.75. The Morgan fingerprint density at radius 3 is 3.00 bits per heavy atom. The Bertz CT molecular complexity index is 169. The van der Waals surface area contributed by atoms with Crippen LogP contribution in [0.2, 0.25) is 0 Å². The molecule has 0 saturated carbocycles. The van der Waals surface area contributed by atoms with E-state index < -0.39 is 0 Å². The van der Waals surface area contributed by atoms with Crippen LogP contribution in [0.25, 0.3) is 0 Å². The van der Waals surface area contributed by atoms with Gasteiger partial charge in [-0.05, 0) is 17.9 Å². The van der Waals surface area contributed by atoms with E-state index in [2.05, 4.69) is 24.4 Å². The summed E-state index contributed by atoms with van der Waals surface area (Å²) in [4.78, 5) is 1.31. The van der Waals surface area contributed by atoms with Crippen LogP contribution in [0.1, 0.15) is 30.7 Å². The van der Waals surface area contributed by atoms with E-state index in [4.69, 9.17) is 5.73 Å². The molecule has 0 bridgehead atoms. The predicted molar refractivity (Wildman–Crippen MR) is 46.2 cm³/mol. The lowest BCUT2D eigenvalue weighted by molar-refractivity contribution is 0.648. The number of hydrogen-bond acceptors (Lipinski definition) is 2. The Morgan fingerprint density at radius 1 is 1.70 bits per heavy atom. The summed E-state index contributed by atoms with van der Waals surface area (Å²) < 4.78 is 0. The van der Waals surface area contributed by atoms with E-state index in [1.807, 2.05) is 0 Å². The Balaban J connectivity index is 2.50. The smallest absolute Gasteiger partial charge is 0.0389 e. The molecule has 0 spiro atoms. The maximum Gasteiger partial charge on any atom is 0.0389 e. The van der Waals surface area contributed by atoms with E-state index in [1.54, 1.807) is 11.3 Å². The van der Waals surface area contributed by atoms with Crippen LogP contribution in [-0.4, -0.2) is 0 Å². The van der Waals surface area contributed by atoms with Crippen molar-refractivity contribution in [3.63, 3.8) is 0 Å². The van der Waals surface area contributed by atoms with Crippen molar-refractivity contribution in [2.45, 2.75) is 25.8 Å². The normalized spacial score (nSPS) is 13.4. The molecule has 0 amide bonds. The fourth-order valence-corrected chi connectivity index (χ4v) is 1.72. The van der Waals surface area contributed by atoms with Crippen LogP contribution >= 0.6 is 11.3 Å². The summed E-state index contributed by atoms with van der Waals surface area (Å²) in [7, 11) is 0. The average molecular weight is 155 g/mol. The molecule has 0 fully saturated rings. The molecule has 1 aromatic heterocycles. The highest BCUT2D eigenvalue weighted by atomic mass is 32.1. The lowest BCUT2D eigenvalue weighted by atomic mass is 10.1. The molecule has 0 unspecified atom stereocenters. The van der Waals surface area contributed by atoms with Crippen LogP contribution in [0.5, 0.6) is 0 Å². The standard InChI is InChI=1S/C8H13NS/c1-2-4-7(9)8-5-3-6-10-8/h3,5-7H,2,4,9H2,1H3/t7-/m1/s1. The summed E-state index contributed by atoms with van der Waals surface area (Å²) in [6.45, 7) is 2.16. The van der Waals surface area contributed by atoms with Gasteiger partial charge in [0.15, 0.2) is 0 Å². The molecular weight excluding hydrogens is 142 g/mol. The number of hydrogen-bond donors (Lipinski definition) is 1. The first-order valence-corrected chi connectivity index (χ1v) is 4.51. The van der Waals surface area contributed by atoms with Gasteiger partial charge in [-0.3, -0.25) is 0 Å². The van der Waals surface area contributed by atoms with Crippen LogP contribution in [0.4, 0.5) is 0 Å². The number of thiophene rings is 1. The van der Waals surface area contributed by atoms with E-state index in [9.17, 15) is 0 Å². The van der Waals surface area contributed by atoms with Crippen molar-refractivity contribution in [1.82, 2.24) is 0 Å². The number of rotatable bonds is 3. The van der Waals surface area contributed by atoms with Crippen LogP contribution in [0, 0.1) is 0 Å². The lowest BCUT2D eigenvalue weighted by Gasteiger charge is -2.05. The summed E-state index contributed by atoms with van der Waals surface area (Å²) in [5.41, 5.74) is 5.86. The van der Waals surface area contributed by atoms with Crippen molar-refractivity contribution in [2.24, 2.45) is 5.73 Å². The molecule has 0 aliphatic carbocycles. The quantitative estimate of drug-likeness (QED) is 0.713. The van der Waals surface area contributed by atoms with Crippen LogP contribution in [0.15, 0.2) is 17.5 Å². The van der Waals surface area contributed by atoms with Crippen molar-refractivity contribution in [3.05, 3.63) is 22.4 Å². The minimum Gasteiger partial charge on any atom is -0.323 e. The van der Waals surface area contributed by atoms with Crippen molar-refractivity contribution in [2.75, 3.05) is 0 Å². The maximum absolute atomic E-state index is 5.86. The molecule has 0 aliphatic heterocycles. The molecule has 1 atom stereocenters. The second kappa shape index (κ2) is 3.74. The third-order valence-corrected chi connectivity index (χ3v) is 2.51. The van der Waals surface area contributed by atoms with E-state index in [-0.39, 0.29) is 6.04 Å². The molecule has 1 rings (SSSR count). The second-order valence-electron chi connectivity index (χ2n) is 2.41. The van der Waals surface area contributed by atoms with Gasteiger partial charge >= 0.3 is 0 Å². The van der Waals surface area contributed by atoms with E-state index >= 15 is 0 Å². The van der Waals surface area contributed by atoms with Gasteiger partial charge in [0.2, 0.25) is 0 Å². The monoisotopic (exact) mass is 155 g/mol. The molecule has 0 radical (unpaired) electrons. The zero-order valence-electron chi connectivity index (χ0n) is 6.21. The molecule has 1 nitrogen and oxygen atoms in total. The molecule has 0 aromatic carbocycles. The fraction of sp³-hybridized carbons (Fsp3) is 0.500. The molecular formula is C8H13NS. The zero-order chi connectivity index (χ0) is 7.40. The maximum atomic E-state index is 5.86. The lowest BCUT2D eigenvalue weighted by Crippen LogP contribution is -2.07. The first-order valence-electron chi connectivity index (χ1n) is 3.63. The highest BCUT2D eigenvalue weighted by molar-refractivity contribution is 7.10. The molecule has 2 N–H and O–H groups in total. The van der Waals surface area contributed by atoms with Crippen LogP contribution in [-0.2, 0) is 0 Å². The topological polar surface area (TPSA) is 26.0 Å².